The summed E-state index contributed by atoms with van der Waals surface area (Å²) in [5.41, 5.74) is -0.419. The topological polar surface area (TPSA) is 57.7 Å². The maximum Gasteiger partial charge on any atom is 0.230 e. The minimum Gasteiger partial charge on any atom is -0.339 e. The number of carbonyl (C=O) groups excluding carboxylic acids is 1. The van der Waals surface area contributed by atoms with Crippen LogP contribution in [0.25, 0.3) is 0 Å². The molecule has 2 heterocycles. The molecule has 0 aromatic carbocycles. The highest BCUT2D eigenvalue weighted by Gasteiger charge is 2.53. The Labute approximate surface area is 139 Å². The second-order valence-corrected chi connectivity index (χ2v) is 10.2. The highest BCUT2D eigenvalue weighted by molar-refractivity contribution is 7.90. The Balaban J connectivity index is 1.50. The molecule has 1 amide bonds. The zero-order chi connectivity index (χ0) is 16.1. The van der Waals surface area contributed by atoms with Gasteiger partial charge < -0.3 is 4.90 Å². The van der Waals surface area contributed by atoms with Crippen molar-refractivity contribution in [3.63, 3.8) is 0 Å². The van der Waals surface area contributed by atoms with E-state index in [1.165, 1.54) is 19.3 Å². The Hall–Kier alpha value is -0.620. The van der Waals surface area contributed by atoms with Crippen LogP contribution < -0.4 is 0 Å². The number of sulfonamides is 1. The van der Waals surface area contributed by atoms with Crippen LogP contribution in [0.1, 0.15) is 64.2 Å². The maximum absolute atomic E-state index is 13.2. The van der Waals surface area contributed by atoms with E-state index in [0.29, 0.717) is 19.1 Å². The van der Waals surface area contributed by atoms with Crippen LogP contribution in [0.5, 0.6) is 0 Å². The molecule has 4 aliphatic rings. The van der Waals surface area contributed by atoms with Crippen molar-refractivity contribution in [3.8, 4) is 0 Å². The smallest absolute Gasteiger partial charge is 0.230 e. The fraction of sp³-hybridized carbons (Fsp3) is 0.941. The van der Waals surface area contributed by atoms with Gasteiger partial charge in [-0.15, -0.1) is 0 Å². The third-order valence-electron chi connectivity index (χ3n) is 6.41. The molecule has 0 bridgehead atoms. The minimum absolute atomic E-state index is 0.161. The van der Waals surface area contributed by atoms with Crippen molar-refractivity contribution in [2.45, 2.75) is 75.5 Å². The van der Waals surface area contributed by atoms with Crippen LogP contribution in [0.4, 0.5) is 0 Å². The van der Waals surface area contributed by atoms with Gasteiger partial charge in [0.15, 0.2) is 0 Å². The second kappa shape index (κ2) is 5.73. The fourth-order valence-corrected chi connectivity index (χ4v) is 6.78. The Bertz CT molecular complexity index is 581. The first-order chi connectivity index (χ1) is 11.0. The molecule has 0 radical (unpaired) electrons. The summed E-state index contributed by atoms with van der Waals surface area (Å²) < 4.78 is 26.7. The first-order valence-electron chi connectivity index (χ1n) is 9.33. The Morgan fingerprint density at radius 3 is 2.35 bits per heavy atom. The number of carbonyl (C=O) groups is 1. The lowest BCUT2D eigenvalue weighted by Crippen LogP contribution is -2.54. The van der Waals surface area contributed by atoms with Crippen molar-refractivity contribution in [2.75, 3.05) is 19.6 Å². The number of hydrogen-bond acceptors (Lipinski definition) is 3. The number of piperidine rings is 1. The highest BCUT2D eigenvalue weighted by Crippen LogP contribution is 2.44. The summed E-state index contributed by atoms with van der Waals surface area (Å²) >= 11 is 0. The molecule has 2 saturated carbocycles. The van der Waals surface area contributed by atoms with E-state index >= 15 is 0 Å². The maximum atomic E-state index is 13.2. The van der Waals surface area contributed by atoms with Crippen LogP contribution in [0.2, 0.25) is 0 Å². The zero-order valence-corrected chi connectivity index (χ0v) is 14.7. The van der Waals surface area contributed by atoms with Crippen molar-refractivity contribution in [1.29, 1.82) is 0 Å². The van der Waals surface area contributed by atoms with Gasteiger partial charge in [0.1, 0.15) is 0 Å². The molecule has 130 valence electrons. The molecule has 2 aliphatic carbocycles. The molecular weight excluding hydrogens is 312 g/mol. The molecule has 0 N–H and O–H groups in total. The highest BCUT2D eigenvalue weighted by atomic mass is 32.2. The standard InChI is InChI=1S/C17H28N2O3S/c20-16-17(9-4-11-19(16)14-5-2-1-3-6-14)10-12-18(13-17)23(21,22)15-7-8-15/h14-15H,1-13H2. The predicted molar refractivity (Wildman–Crippen MR) is 88.4 cm³/mol. The van der Waals surface area contributed by atoms with Crippen LogP contribution in [-0.4, -0.2) is 54.5 Å². The van der Waals surface area contributed by atoms with Crippen LogP contribution in [0, 0.1) is 5.41 Å². The Kier molecular flexibility index (Phi) is 3.95. The van der Waals surface area contributed by atoms with Crippen molar-refractivity contribution in [2.24, 2.45) is 5.41 Å². The predicted octanol–water partition coefficient (Wildman–Crippen LogP) is 2.13. The van der Waals surface area contributed by atoms with E-state index < -0.39 is 15.4 Å². The van der Waals surface area contributed by atoms with Crippen LogP contribution in [0.15, 0.2) is 0 Å². The summed E-state index contributed by atoms with van der Waals surface area (Å²) in [7, 11) is -3.14. The van der Waals surface area contributed by atoms with Gasteiger partial charge >= 0.3 is 0 Å². The van der Waals surface area contributed by atoms with Gasteiger partial charge in [-0.1, -0.05) is 19.3 Å². The summed E-state index contributed by atoms with van der Waals surface area (Å²) in [6.45, 7) is 1.86. The summed E-state index contributed by atoms with van der Waals surface area (Å²) in [5.74, 6) is 0.254. The van der Waals surface area contributed by atoms with Gasteiger partial charge in [-0.2, -0.15) is 0 Å². The zero-order valence-electron chi connectivity index (χ0n) is 13.9. The average molecular weight is 340 g/mol. The number of rotatable bonds is 3. The van der Waals surface area contributed by atoms with E-state index in [1.807, 2.05) is 0 Å². The van der Waals surface area contributed by atoms with Crippen LogP contribution in [0.3, 0.4) is 0 Å². The summed E-state index contributed by atoms with van der Waals surface area (Å²) in [4.78, 5) is 15.3. The molecule has 1 atom stereocenters. The van der Waals surface area contributed by atoms with Crippen LogP contribution >= 0.6 is 0 Å². The van der Waals surface area contributed by atoms with Gasteiger partial charge in [-0.25, -0.2) is 12.7 Å². The van der Waals surface area contributed by atoms with Crippen molar-refractivity contribution in [1.82, 2.24) is 9.21 Å². The third-order valence-corrected chi connectivity index (χ3v) is 8.75. The van der Waals surface area contributed by atoms with E-state index in [-0.39, 0.29) is 11.2 Å². The molecular formula is C17H28N2O3S. The Morgan fingerprint density at radius 1 is 0.913 bits per heavy atom. The van der Waals surface area contributed by atoms with Gasteiger partial charge in [0.2, 0.25) is 15.9 Å². The molecule has 1 spiro atoms. The molecule has 0 aromatic heterocycles. The van der Waals surface area contributed by atoms with Crippen molar-refractivity contribution >= 4 is 15.9 Å². The van der Waals surface area contributed by atoms with Crippen LogP contribution in [-0.2, 0) is 14.8 Å². The van der Waals surface area contributed by atoms with E-state index in [4.69, 9.17) is 0 Å². The van der Waals surface area contributed by atoms with Gasteiger partial charge in [0, 0.05) is 25.7 Å². The molecule has 4 fully saturated rings. The largest absolute Gasteiger partial charge is 0.339 e. The van der Waals surface area contributed by atoms with E-state index in [0.717, 1.165) is 51.5 Å². The molecule has 2 saturated heterocycles. The third kappa shape index (κ3) is 2.72. The number of likely N-dealkylation sites (tertiary alicyclic amines) is 1. The van der Waals surface area contributed by atoms with Gasteiger partial charge in [-0.3, -0.25) is 4.79 Å². The molecule has 2 aliphatic heterocycles. The SMILES string of the molecule is O=C1N(C2CCCCC2)CCCC12CCN(S(=O)(=O)C1CC1)C2. The molecule has 5 nitrogen and oxygen atoms in total. The summed E-state index contributed by atoms with van der Waals surface area (Å²) in [6, 6.07) is 0.405. The number of hydrogen-bond donors (Lipinski definition) is 0. The van der Waals surface area contributed by atoms with Gasteiger partial charge in [0.25, 0.3) is 0 Å². The normalized spacial score (nSPS) is 34.4. The van der Waals surface area contributed by atoms with E-state index in [2.05, 4.69) is 4.90 Å². The first kappa shape index (κ1) is 15.9. The molecule has 23 heavy (non-hydrogen) atoms. The average Bonchev–Trinajstić information content (AvgIpc) is 3.33. The summed E-state index contributed by atoms with van der Waals surface area (Å²) in [5, 5.41) is -0.161. The fourth-order valence-electron chi connectivity index (χ4n) is 4.85. The molecule has 1 unspecified atom stereocenters. The summed E-state index contributed by atoms with van der Waals surface area (Å²) in [6.07, 6.45) is 10.2. The van der Waals surface area contributed by atoms with Crippen molar-refractivity contribution < 1.29 is 13.2 Å². The molecule has 6 heteroatoms. The lowest BCUT2D eigenvalue weighted by Gasteiger charge is -2.44. The van der Waals surface area contributed by atoms with E-state index in [1.54, 1.807) is 4.31 Å². The first-order valence-corrected chi connectivity index (χ1v) is 10.8. The lowest BCUT2D eigenvalue weighted by molar-refractivity contribution is -0.149. The second-order valence-electron chi connectivity index (χ2n) is 8.00. The minimum atomic E-state index is -3.14. The van der Waals surface area contributed by atoms with Gasteiger partial charge in [0.05, 0.1) is 10.7 Å². The van der Waals surface area contributed by atoms with Gasteiger partial charge in [-0.05, 0) is 44.9 Å². The van der Waals surface area contributed by atoms with E-state index in [9.17, 15) is 13.2 Å². The lowest BCUT2D eigenvalue weighted by atomic mass is 9.77. The molecule has 4 rings (SSSR count). The van der Waals surface area contributed by atoms with Crippen molar-refractivity contribution in [3.05, 3.63) is 0 Å². The molecule has 0 aromatic rings. The quantitative estimate of drug-likeness (QED) is 0.791. The number of nitrogens with zero attached hydrogens (tertiary/aromatic N) is 2. The number of amides is 1. The monoisotopic (exact) mass is 340 g/mol. The Morgan fingerprint density at radius 2 is 1.65 bits per heavy atom.